The summed E-state index contributed by atoms with van der Waals surface area (Å²) in [4.78, 5) is 32.6. The second kappa shape index (κ2) is 12.6. The first-order valence-electron chi connectivity index (χ1n) is 13.6. The summed E-state index contributed by atoms with van der Waals surface area (Å²) in [5.41, 5.74) is 2.31. The minimum absolute atomic E-state index is 0.246. The molecule has 4 rings (SSSR count). The van der Waals surface area contributed by atoms with Crippen LogP contribution < -0.4 is 5.32 Å². The zero-order chi connectivity index (χ0) is 26.3. The topological polar surface area (TPSA) is 79.3 Å². The van der Waals surface area contributed by atoms with Crippen molar-refractivity contribution in [1.82, 2.24) is 4.98 Å². The number of fused-ring (bicyclic) bond motifs is 2. The van der Waals surface area contributed by atoms with E-state index in [0.717, 1.165) is 46.2 Å². The number of unbranched alkanes of at least 4 members (excludes halogenated alkanes) is 6. The first kappa shape index (κ1) is 27.2. The predicted octanol–water partition coefficient (Wildman–Crippen LogP) is 7.84. The number of rotatable bonds is 12. The number of hydrogen-bond acceptors (Lipinski definition) is 4. The van der Waals surface area contributed by atoms with Crippen molar-refractivity contribution in [2.45, 2.75) is 81.9 Å². The SMILES string of the molecule is CCCCCCCCCC1(C(=O)O)CCc2ccccc2C1C(=O)Nc1c(SC)ccc2ncccc12. The second-order valence-corrected chi connectivity index (χ2v) is 11.0. The lowest BCUT2D eigenvalue weighted by molar-refractivity contribution is -0.154. The van der Waals surface area contributed by atoms with Gasteiger partial charge in [-0.25, -0.2) is 0 Å². The number of pyridine rings is 1. The average molecular weight is 519 g/mol. The maximum Gasteiger partial charge on any atom is 0.310 e. The Bertz CT molecular complexity index is 1240. The molecule has 1 aliphatic carbocycles. The van der Waals surface area contributed by atoms with Gasteiger partial charge in [0.05, 0.1) is 22.5 Å². The monoisotopic (exact) mass is 518 g/mol. The minimum atomic E-state index is -1.12. The molecule has 0 radical (unpaired) electrons. The van der Waals surface area contributed by atoms with Crippen molar-refractivity contribution in [3.63, 3.8) is 0 Å². The first-order chi connectivity index (χ1) is 18.0. The number of aliphatic carboxylic acids is 1. The quantitative estimate of drug-likeness (QED) is 0.189. The van der Waals surface area contributed by atoms with Crippen LogP contribution in [-0.2, 0) is 16.0 Å². The van der Waals surface area contributed by atoms with Crippen LogP contribution in [0, 0.1) is 5.41 Å². The van der Waals surface area contributed by atoms with E-state index in [9.17, 15) is 14.7 Å². The van der Waals surface area contributed by atoms with E-state index in [1.807, 2.05) is 54.8 Å². The molecule has 6 heteroatoms. The molecule has 0 saturated carbocycles. The molecule has 37 heavy (non-hydrogen) atoms. The lowest BCUT2D eigenvalue weighted by Gasteiger charge is -2.41. The fraction of sp³-hybridized carbons (Fsp3) is 0.452. The number of carboxylic acids is 1. The number of aryl methyl sites for hydroxylation is 1. The number of anilines is 1. The van der Waals surface area contributed by atoms with E-state index in [4.69, 9.17) is 0 Å². The second-order valence-electron chi connectivity index (χ2n) is 10.2. The smallest absolute Gasteiger partial charge is 0.310 e. The molecule has 1 amide bonds. The van der Waals surface area contributed by atoms with Gasteiger partial charge in [-0.1, -0.05) is 76.1 Å². The van der Waals surface area contributed by atoms with Crippen molar-refractivity contribution in [2.24, 2.45) is 5.41 Å². The Morgan fingerprint density at radius 3 is 2.54 bits per heavy atom. The fourth-order valence-corrected chi connectivity index (χ4v) is 6.44. The summed E-state index contributed by atoms with van der Waals surface area (Å²) >= 11 is 1.56. The van der Waals surface area contributed by atoms with Crippen LogP contribution in [0.5, 0.6) is 0 Å². The molecule has 1 aliphatic rings. The number of nitrogens with one attached hydrogen (secondary N) is 1. The van der Waals surface area contributed by atoms with Crippen LogP contribution >= 0.6 is 11.8 Å². The van der Waals surface area contributed by atoms with Crippen molar-refractivity contribution >= 4 is 40.2 Å². The van der Waals surface area contributed by atoms with E-state index in [0.29, 0.717) is 24.9 Å². The normalized spacial score (nSPS) is 18.9. The van der Waals surface area contributed by atoms with Gasteiger partial charge < -0.3 is 10.4 Å². The highest BCUT2D eigenvalue weighted by Gasteiger charge is 2.52. The van der Waals surface area contributed by atoms with E-state index in [1.54, 1.807) is 18.0 Å². The van der Waals surface area contributed by atoms with E-state index < -0.39 is 17.3 Å². The Balaban J connectivity index is 1.66. The Morgan fingerprint density at radius 2 is 1.78 bits per heavy atom. The molecule has 0 saturated heterocycles. The maximum atomic E-state index is 14.2. The zero-order valence-corrected chi connectivity index (χ0v) is 22.8. The Hall–Kier alpha value is -2.86. The summed E-state index contributed by atoms with van der Waals surface area (Å²) in [7, 11) is 0. The summed E-state index contributed by atoms with van der Waals surface area (Å²) in [6.07, 6.45) is 13.2. The van der Waals surface area contributed by atoms with Gasteiger partial charge in [0.15, 0.2) is 0 Å². The van der Waals surface area contributed by atoms with Gasteiger partial charge in [0.1, 0.15) is 0 Å². The van der Waals surface area contributed by atoms with Crippen molar-refractivity contribution in [1.29, 1.82) is 0 Å². The molecule has 2 N–H and O–H groups in total. The summed E-state index contributed by atoms with van der Waals surface area (Å²) < 4.78 is 0. The Morgan fingerprint density at radius 1 is 1.03 bits per heavy atom. The predicted molar refractivity (Wildman–Crippen MR) is 152 cm³/mol. The van der Waals surface area contributed by atoms with Gasteiger partial charge in [0, 0.05) is 16.5 Å². The van der Waals surface area contributed by atoms with Crippen molar-refractivity contribution < 1.29 is 14.7 Å². The fourth-order valence-electron chi connectivity index (χ4n) is 5.87. The van der Waals surface area contributed by atoms with Crippen LogP contribution in [0.4, 0.5) is 5.69 Å². The number of carbonyl (C=O) groups is 2. The van der Waals surface area contributed by atoms with Crippen LogP contribution in [0.3, 0.4) is 0 Å². The molecular weight excluding hydrogens is 480 g/mol. The first-order valence-corrected chi connectivity index (χ1v) is 14.8. The number of benzene rings is 2. The number of aromatic nitrogens is 1. The number of hydrogen-bond donors (Lipinski definition) is 2. The molecule has 2 aromatic carbocycles. The zero-order valence-electron chi connectivity index (χ0n) is 22.0. The van der Waals surface area contributed by atoms with Gasteiger partial charge >= 0.3 is 5.97 Å². The molecule has 196 valence electrons. The maximum absolute atomic E-state index is 14.2. The number of carbonyl (C=O) groups excluding carboxylic acids is 1. The van der Waals surface area contributed by atoms with E-state index in [2.05, 4.69) is 17.2 Å². The van der Waals surface area contributed by atoms with Gasteiger partial charge in [-0.3, -0.25) is 14.6 Å². The molecule has 3 aromatic rings. The van der Waals surface area contributed by atoms with Crippen LogP contribution in [0.2, 0.25) is 0 Å². The van der Waals surface area contributed by atoms with Gasteiger partial charge in [-0.15, -0.1) is 11.8 Å². The Labute approximate surface area is 224 Å². The lowest BCUT2D eigenvalue weighted by Crippen LogP contribution is -2.46. The summed E-state index contributed by atoms with van der Waals surface area (Å²) in [6.45, 7) is 2.21. The molecule has 0 fully saturated rings. The third-order valence-electron chi connectivity index (χ3n) is 7.89. The molecule has 2 atom stereocenters. The summed E-state index contributed by atoms with van der Waals surface area (Å²) in [6, 6.07) is 15.6. The molecular formula is C31H38N2O3S. The molecule has 5 nitrogen and oxygen atoms in total. The van der Waals surface area contributed by atoms with Crippen LogP contribution in [-0.4, -0.2) is 28.2 Å². The molecule has 0 spiro atoms. The van der Waals surface area contributed by atoms with Crippen molar-refractivity contribution in [2.75, 3.05) is 11.6 Å². The van der Waals surface area contributed by atoms with Gasteiger partial charge in [-0.2, -0.15) is 0 Å². The Kier molecular flexibility index (Phi) is 9.25. The summed E-state index contributed by atoms with van der Waals surface area (Å²) in [5.74, 6) is -1.86. The number of carboxylic acid groups (broad SMARTS) is 1. The largest absolute Gasteiger partial charge is 0.481 e. The molecule has 0 aliphatic heterocycles. The number of nitrogens with zero attached hydrogens (tertiary/aromatic N) is 1. The molecule has 2 unspecified atom stereocenters. The van der Waals surface area contributed by atoms with Gasteiger partial charge in [-0.05, 0) is 60.9 Å². The van der Waals surface area contributed by atoms with E-state index in [-0.39, 0.29) is 5.91 Å². The van der Waals surface area contributed by atoms with Crippen LogP contribution in [0.15, 0.2) is 59.6 Å². The van der Waals surface area contributed by atoms with Gasteiger partial charge in [0.2, 0.25) is 5.91 Å². The lowest BCUT2D eigenvalue weighted by atomic mass is 9.61. The summed E-state index contributed by atoms with van der Waals surface area (Å²) in [5, 5.41) is 14.7. The van der Waals surface area contributed by atoms with E-state index in [1.165, 1.54) is 25.7 Å². The minimum Gasteiger partial charge on any atom is -0.481 e. The third-order valence-corrected chi connectivity index (χ3v) is 8.67. The van der Waals surface area contributed by atoms with Crippen LogP contribution in [0.1, 0.15) is 81.8 Å². The van der Waals surface area contributed by atoms with Gasteiger partial charge in [0.25, 0.3) is 0 Å². The number of thioether (sulfide) groups is 1. The average Bonchev–Trinajstić information content (AvgIpc) is 2.92. The highest BCUT2D eigenvalue weighted by molar-refractivity contribution is 7.98. The highest BCUT2D eigenvalue weighted by Crippen LogP contribution is 2.50. The highest BCUT2D eigenvalue weighted by atomic mass is 32.2. The molecule has 0 bridgehead atoms. The molecule has 1 aromatic heterocycles. The van der Waals surface area contributed by atoms with Crippen molar-refractivity contribution in [3.05, 3.63) is 65.9 Å². The number of amides is 1. The van der Waals surface area contributed by atoms with Crippen molar-refractivity contribution in [3.8, 4) is 0 Å². The molecule has 1 heterocycles. The standard InChI is InChI=1S/C31H38N2O3S/c1-3-4-5-6-7-8-11-19-31(30(35)36)20-18-22-13-9-10-14-23(22)27(31)29(34)33-28-24-15-12-21-32-25(24)16-17-26(28)37-2/h9-10,12-17,21,27H,3-8,11,18-20H2,1-2H3,(H,33,34)(H,35,36). The third kappa shape index (κ3) is 5.85. The van der Waals surface area contributed by atoms with Crippen LogP contribution in [0.25, 0.3) is 10.9 Å². The van der Waals surface area contributed by atoms with E-state index >= 15 is 0 Å².